The number of halogens is 2. The fraction of sp³-hybridized carbons (Fsp3) is 0.133. The van der Waals surface area contributed by atoms with Crippen molar-refractivity contribution in [3.05, 3.63) is 59.2 Å². The van der Waals surface area contributed by atoms with Crippen LogP contribution in [0.1, 0.15) is 15.9 Å². The number of carbonyl (C=O) groups is 1. The molecule has 4 nitrogen and oxygen atoms in total. The van der Waals surface area contributed by atoms with Crippen molar-refractivity contribution in [2.24, 2.45) is 0 Å². The number of hydrogen-bond donors (Lipinski definition) is 1. The summed E-state index contributed by atoms with van der Waals surface area (Å²) in [6.45, 7) is -0.0349. The zero-order valence-electron chi connectivity index (χ0n) is 11.1. The van der Waals surface area contributed by atoms with Crippen LogP contribution in [-0.4, -0.2) is 18.2 Å². The third-order valence-electron chi connectivity index (χ3n) is 2.81. The molecule has 0 heterocycles. The molecule has 0 unspecified atom stereocenters. The highest BCUT2D eigenvalue weighted by atomic mass is 19.1. The molecule has 0 spiro atoms. The Bertz CT molecular complexity index is 671. The van der Waals surface area contributed by atoms with E-state index in [1.807, 2.05) is 0 Å². The number of aromatic carboxylic acids is 1. The summed E-state index contributed by atoms with van der Waals surface area (Å²) in [5, 5.41) is 8.72. The smallest absolute Gasteiger partial charge is 0.338 e. The minimum absolute atomic E-state index is 0.0349. The van der Waals surface area contributed by atoms with Gasteiger partial charge in [0.2, 0.25) is 0 Å². The quantitative estimate of drug-likeness (QED) is 0.919. The van der Waals surface area contributed by atoms with Gasteiger partial charge in [-0.05, 0) is 30.3 Å². The third-order valence-corrected chi connectivity index (χ3v) is 2.81. The highest BCUT2D eigenvalue weighted by molar-refractivity contribution is 5.88. The number of methoxy groups -OCH3 is 1. The van der Waals surface area contributed by atoms with E-state index in [0.29, 0.717) is 11.3 Å². The first kappa shape index (κ1) is 14.8. The molecular weight excluding hydrogens is 282 g/mol. The molecule has 2 aromatic rings. The highest BCUT2D eigenvalue weighted by Gasteiger charge is 2.11. The molecule has 0 aliphatic heterocycles. The maximum absolute atomic E-state index is 13.5. The lowest BCUT2D eigenvalue weighted by atomic mass is 10.2. The van der Waals surface area contributed by atoms with E-state index in [1.54, 1.807) is 0 Å². The van der Waals surface area contributed by atoms with Crippen LogP contribution in [0.25, 0.3) is 0 Å². The van der Waals surface area contributed by atoms with Crippen LogP contribution in [0.4, 0.5) is 8.78 Å². The molecule has 0 fully saturated rings. The van der Waals surface area contributed by atoms with Gasteiger partial charge in [-0.15, -0.1) is 0 Å². The van der Waals surface area contributed by atoms with E-state index in [-0.39, 0.29) is 12.4 Å². The van der Waals surface area contributed by atoms with Crippen LogP contribution < -0.4 is 9.47 Å². The standard InChI is InChI=1S/C15H12F2O4/c1-20-14-5-2-10(16)6-9(14)8-21-11-3-4-12(15(18)19)13(17)7-11/h2-7H,8H2,1H3,(H,18,19). The van der Waals surface area contributed by atoms with Crippen LogP contribution in [0.15, 0.2) is 36.4 Å². The van der Waals surface area contributed by atoms with E-state index < -0.39 is 23.2 Å². The van der Waals surface area contributed by atoms with Crippen LogP contribution >= 0.6 is 0 Å². The van der Waals surface area contributed by atoms with E-state index in [0.717, 1.165) is 12.1 Å². The Balaban J connectivity index is 2.15. The van der Waals surface area contributed by atoms with Crippen molar-refractivity contribution in [2.45, 2.75) is 6.61 Å². The molecule has 0 bridgehead atoms. The van der Waals surface area contributed by atoms with Gasteiger partial charge in [0.25, 0.3) is 0 Å². The Kier molecular flexibility index (Phi) is 4.37. The molecule has 0 aromatic heterocycles. The number of benzene rings is 2. The van der Waals surface area contributed by atoms with Gasteiger partial charge in [0, 0.05) is 11.6 Å². The summed E-state index contributed by atoms with van der Waals surface area (Å²) in [5.41, 5.74) is 0.0194. The molecule has 2 rings (SSSR count). The SMILES string of the molecule is COc1ccc(F)cc1COc1ccc(C(=O)O)c(F)c1. The monoisotopic (exact) mass is 294 g/mol. The maximum Gasteiger partial charge on any atom is 0.338 e. The van der Waals surface area contributed by atoms with Gasteiger partial charge >= 0.3 is 5.97 Å². The predicted molar refractivity (Wildman–Crippen MR) is 70.6 cm³/mol. The van der Waals surface area contributed by atoms with Crippen LogP contribution in [0.2, 0.25) is 0 Å². The average Bonchev–Trinajstić information content (AvgIpc) is 2.45. The molecular formula is C15H12F2O4. The first-order valence-corrected chi connectivity index (χ1v) is 5.99. The number of ether oxygens (including phenoxy) is 2. The van der Waals surface area contributed by atoms with Gasteiger partial charge in [-0.2, -0.15) is 0 Å². The summed E-state index contributed by atoms with van der Waals surface area (Å²) in [5.74, 6) is -2.11. The van der Waals surface area contributed by atoms with Crippen LogP contribution in [0, 0.1) is 11.6 Å². The Morgan fingerprint density at radius 3 is 2.57 bits per heavy atom. The lowest BCUT2D eigenvalue weighted by Gasteiger charge is -2.11. The molecule has 0 aliphatic rings. The van der Waals surface area contributed by atoms with Crippen molar-refractivity contribution >= 4 is 5.97 Å². The van der Waals surface area contributed by atoms with Gasteiger partial charge in [0.15, 0.2) is 0 Å². The first-order chi connectivity index (χ1) is 10.0. The van der Waals surface area contributed by atoms with Crippen LogP contribution in [-0.2, 0) is 6.61 Å². The van der Waals surface area contributed by atoms with E-state index in [4.69, 9.17) is 14.6 Å². The summed E-state index contributed by atoms with van der Waals surface area (Å²) in [7, 11) is 1.44. The number of carboxylic acid groups (broad SMARTS) is 1. The highest BCUT2D eigenvalue weighted by Crippen LogP contribution is 2.23. The van der Waals surface area contributed by atoms with Gasteiger partial charge in [0.05, 0.1) is 12.7 Å². The largest absolute Gasteiger partial charge is 0.496 e. The van der Waals surface area contributed by atoms with Crippen molar-refractivity contribution in [1.29, 1.82) is 0 Å². The summed E-state index contributed by atoms with van der Waals surface area (Å²) in [4.78, 5) is 10.7. The van der Waals surface area contributed by atoms with Gasteiger partial charge in [0.1, 0.15) is 29.7 Å². The third kappa shape index (κ3) is 3.47. The molecule has 0 saturated carbocycles. The first-order valence-electron chi connectivity index (χ1n) is 5.99. The minimum atomic E-state index is -1.36. The van der Waals surface area contributed by atoms with Gasteiger partial charge < -0.3 is 14.6 Å². The molecule has 21 heavy (non-hydrogen) atoms. The second-order valence-corrected chi connectivity index (χ2v) is 4.19. The molecule has 6 heteroatoms. The van der Waals surface area contributed by atoms with Gasteiger partial charge in [-0.3, -0.25) is 0 Å². The molecule has 0 saturated heterocycles. The molecule has 0 radical (unpaired) electrons. The zero-order valence-corrected chi connectivity index (χ0v) is 11.1. The Morgan fingerprint density at radius 1 is 1.19 bits per heavy atom. The molecule has 110 valence electrons. The molecule has 0 amide bonds. The summed E-state index contributed by atoms with van der Waals surface area (Å²) >= 11 is 0. The predicted octanol–water partition coefficient (Wildman–Crippen LogP) is 3.25. The van der Waals surface area contributed by atoms with Crippen LogP contribution in [0.5, 0.6) is 11.5 Å². The van der Waals surface area contributed by atoms with Crippen LogP contribution in [0.3, 0.4) is 0 Å². The number of carboxylic acids is 1. The summed E-state index contributed by atoms with van der Waals surface area (Å²) < 4.78 is 37.1. The minimum Gasteiger partial charge on any atom is -0.496 e. The van der Waals surface area contributed by atoms with Gasteiger partial charge in [-0.1, -0.05) is 0 Å². The molecule has 0 atom stereocenters. The van der Waals surface area contributed by atoms with E-state index in [2.05, 4.69) is 0 Å². The lowest BCUT2D eigenvalue weighted by molar-refractivity contribution is 0.0692. The summed E-state index contributed by atoms with van der Waals surface area (Å²) in [6.07, 6.45) is 0. The van der Waals surface area contributed by atoms with Crippen molar-refractivity contribution < 1.29 is 28.2 Å². The number of hydrogen-bond acceptors (Lipinski definition) is 3. The maximum atomic E-state index is 13.5. The molecule has 0 aliphatic carbocycles. The van der Waals surface area contributed by atoms with E-state index in [1.165, 1.54) is 31.4 Å². The Hall–Kier alpha value is -2.63. The Labute approximate surface area is 119 Å². The molecule has 1 N–H and O–H groups in total. The lowest BCUT2D eigenvalue weighted by Crippen LogP contribution is -2.03. The van der Waals surface area contributed by atoms with E-state index >= 15 is 0 Å². The number of rotatable bonds is 5. The Morgan fingerprint density at radius 2 is 1.95 bits per heavy atom. The van der Waals surface area contributed by atoms with Crippen molar-refractivity contribution in [3.8, 4) is 11.5 Å². The average molecular weight is 294 g/mol. The second-order valence-electron chi connectivity index (χ2n) is 4.19. The van der Waals surface area contributed by atoms with Crippen molar-refractivity contribution in [3.63, 3.8) is 0 Å². The van der Waals surface area contributed by atoms with Crippen molar-refractivity contribution in [1.82, 2.24) is 0 Å². The second kappa shape index (κ2) is 6.21. The summed E-state index contributed by atoms with van der Waals surface area (Å²) in [6, 6.07) is 7.37. The fourth-order valence-electron chi connectivity index (χ4n) is 1.78. The fourth-order valence-corrected chi connectivity index (χ4v) is 1.78. The zero-order chi connectivity index (χ0) is 15.4. The van der Waals surface area contributed by atoms with Crippen molar-refractivity contribution in [2.75, 3.05) is 7.11 Å². The van der Waals surface area contributed by atoms with Gasteiger partial charge in [-0.25, -0.2) is 13.6 Å². The normalized spacial score (nSPS) is 10.2. The topological polar surface area (TPSA) is 55.8 Å². The van der Waals surface area contributed by atoms with E-state index in [9.17, 15) is 13.6 Å². The molecule has 2 aromatic carbocycles.